The van der Waals surface area contributed by atoms with Crippen LogP contribution in [-0.2, 0) is 9.47 Å². The van der Waals surface area contributed by atoms with Crippen molar-refractivity contribution >= 4 is 41.3 Å². The molecule has 0 aromatic carbocycles. The summed E-state index contributed by atoms with van der Waals surface area (Å²) in [5, 5.41) is 9.38. The van der Waals surface area contributed by atoms with E-state index in [-0.39, 0.29) is 30.1 Å². The molecule has 2 unspecified atom stereocenters. The standard InChI is InChI=1S/C22H38N4O2S.HI/c1-18-16-26(11-13-28-18)19(20-7-6-14-29-20)15-24-21(23-2)25-17-22(10-12-27-3)8-4-5-9-22;/h6-7,14,18-19H,4-5,8-13,15-17H2,1-3H3,(H2,23,24,25);1H. The molecule has 30 heavy (non-hydrogen) atoms. The molecule has 2 atom stereocenters. The average Bonchev–Trinajstić information content (AvgIpc) is 3.42. The Balaban J connectivity index is 0.00000320. The van der Waals surface area contributed by atoms with Crippen LogP contribution in [0.3, 0.4) is 0 Å². The van der Waals surface area contributed by atoms with Gasteiger partial charge in [0, 0.05) is 51.8 Å². The molecule has 2 N–H and O–H groups in total. The summed E-state index contributed by atoms with van der Waals surface area (Å²) in [6.07, 6.45) is 6.62. The molecule has 1 saturated heterocycles. The first-order chi connectivity index (χ1) is 14.2. The lowest BCUT2D eigenvalue weighted by molar-refractivity contribution is -0.0334. The third kappa shape index (κ3) is 7.32. The predicted octanol–water partition coefficient (Wildman–Crippen LogP) is 3.89. The number of ether oxygens (including phenoxy) is 2. The molecule has 1 aromatic rings. The number of hydrogen-bond donors (Lipinski definition) is 2. The molecule has 1 aliphatic carbocycles. The summed E-state index contributed by atoms with van der Waals surface area (Å²) in [6, 6.07) is 4.73. The molecule has 0 amide bonds. The second-order valence-corrected chi connectivity index (χ2v) is 9.44. The summed E-state index contributed by atoms with van der Waals surface area (Å²) in [4.78, 5) is 8.43. The van der Waals surface area contributed by atoms with E-state index in [9.17, 15) is 0 Å². The van der Waals surface area contributed by atoms with E-state index in [0.717, 1.165) is 51.8 Å². The van der Waals surface area contributed by atoms with Gasteiger partial charge in [-0.2, -0.15) is 0 Å². The Morgan fingerprint density at radius 3 is 2.83 bits per heavy atom. The second-order valence-electron chi connectivity index (χ2n) is 8.46. The molecule has 2 heterocycles. The van der Waals surface area contributed by atoms with Gasteiger partial charge in [0.05, 0.1) is 18.8 Å². The monoisotopic (exact) mass is 550 g/mol. The number of methoxy groups -OCH3 is 1. The highest BCUT2D eigenvalue weighted by Crippen LogP contribution is 2.40. The van der Waals surface area contributed by atoms with Crippen LogP contribution in [0.15, 0.2) is 22.5 Å². The molecular formula is C22H39IN4O2S. The predicted molar refractivity (Wildman–Crippen MR) is 136 cm³/mol. The first-order valence-electron chi connectivity index (χ1n) is 11.0. The molecule has 1 aliphatic heterocycles. The van der Waals surface area contributed by atoms with Crippen molar-refractivity contribution in [2.75, 3.05) is 53.6 Å². The molecule has 0 bridgehead atoms. The SMILES string of the molecule is CN=C(NCC(c1cccs1)N1CCOC(C)C1)NCC1(CCOC)CCCC1.I. The van der Waals surface area contributed by atoms with Crippen LogP contribution < -0.4 is 10.6 Å². The number of rotatable bonds is 9. The molecule has 3 rings (SSSR count). The van der Waals surface area contributed by atoms with Gasteiger partial charge in [-0.3, -0.25) is 9.89 Å². The average molecular weight is 551 g/mol. The fourth-order valence-electron chi connectivity index (χ4n) is 4.66. The molecule has 0 radical (unpaired) electrons. The summed E-state index contributed by atoms with van der Waals surface area (Å²) in [7, 11) is 3.66. The molecule has 6 nitrogen and oxygen atoms in total. The lowest BCUT2D eigenvalue weighted by Gasteiger charge is -2.37. The zero-order chi connectivity index (χ0) is 20.5. The summed E-state index contributed by atoms with van der Waals surface area (Å²) >= 11 is 1.83. The van der Waals surface area contributed by atoms with Gasteiger partial charge in [0.15, 0.2) is 5.96 Å². The number of nitrogens with zero attached hydrogens (tertiary/aromatic N) is 2. The zero-order valence-electron chi connectivity index (χ0n) is 18.7. The fourth-order valence-corrected chi connectivity index (χ4v) is 5.52. The summed E-state index contributed by atoms with van der Waals surface area (Å²) in [6.45, 7) is 7.55. The number of thiophene rings is 1. The van der Waals surface area contributed by atoms with Crippen molar-refractivity contribution in [2.45, 2.75) is 51.2 Å². The van der Waals surface area contributed by atoms with Crippen LogP contribution in [0.4, 0.5) is 0 Å². The van der Waals surface area contributed by atoms with E-state index in [2.05, 4.69) is 45.0 Å². The Morgan fingerprint density at radius 2 is 2.20 bits per heavy atom. The normalized spacial score (nSPS) is 23.0. The largest absolute Gasteiger partial charge is 0.385 e. The van der Waals surface area contributed by atoms with Gasteiger partial charge in [0.1, 0.15) is 0 Å². The lowest BCUT2D eigenvalue weighted by Crippen LogP contribution is -2.49. The molecule has 2 fully saturated rings. The minimum atomic E-state index is 0. The number of hydrogen-bond acceptors (Lipinski definition) is 5. The summed E-state index contributed by atoms with van der Waals surface area (Å²) in [5.74, 6) is 0.900. The molecule has 1 aromatic heterocycles. The van der Waals surface area contributed by atoms with E-state index in [1.54, 1.807) is 7.11 Å². The van der Waals surface area contributed by atoms with E-state index in [0.29, 0.717) is 11.5 Å². The van der Waals surface area contributed by atoms with Crippen LogP contribution in [0.2, 0.25) is 0 Å². The van der Waals surface area contributed by atoms with E-state index in [4.69, 9.17) is 9.47 Å². The molecule has 1 saturated carbocycles. The number of nitrogens with one attached hydrogen (secondary N) is 2. The number of aliphatic imine (C=N–C) groups is 1. The van der Waals surface area contributed by atoms with Gasteiger partial charge in [-0.1, -0.05) is 18.9 Å². The summed E-state index contributed by atoms with van der Waals surface area (Å²) in [5.41, 5.74) is 0.348. The maximum Gasteiger partial charge on any atom is 0.191 e. The van der Waals surface area contributed by atoms with Crippen LogP contribution >= 0.6 is 35.3 Å². The number of halogens is 1. The molecular weight excluding hydrogens is 511 g/mol. The molecule has 172 valence electrons. The van der Waals surface area contributed by atoms with Crippen molar-refractivity contribution in [3.63, 3.8) is 0 Å². The first kappa shape index (κ1) is 25.8. The Morgan fingerprint density at radius 1 is 1.40 bits per heavy atom. The molecule has 0 spiro atoms. The van der Waals surface area contributed by atoms with Gasteiger partial charge in [0.2, 0.25) is 0 Å². The zero-order valence-corrected chi connectivity index (χ0v) is 21.8. The van der Waals surface area contributed by atoms with Crippen molar-refractivity contribution < 1.29 is 9.47 Å². The Bertz CT molecular complexity index is 623. The van der Waals surface area contributed by atoms with Gasteiger partial charge in [-0.05, 0) is 43.0 Å². The van der Waals surface area contributed by atoms with Crippen LogP contribution in [0, 0.1) is 5.41 Å². The minimum Gasteiger partial charge on any atom is -0.385 e. The van der Waals surface area contributed by atoms with Gasteiger partial charge in [0.25, 0.3) is 0 Å². The van der Waals surface area contributed by atoms with Crippen molar-refractivity contribution in [2.24, 2.45) is 10.4 Å². The second kappa shape index (κ2) is 13.2. The minimum absolute atomic E-state index is 0. The van der Waals surface area contributed by atoms with E-state index in [1.807, 2.05) is 18.4 Å². The van der Waals surface area contributed by atoms with Crippen LogP contribution in [0.25, 0.3) is 0 Å². The first-order valence-corrected chi connectivity index (χ1v) is 11.9. The highest BCUT2D eigenvalue weighted by molar-refractivity contribution is 14.0. The van der Waals surface area contributed by atoms with Gasteiger partial charge in [-0.15, -0.1) is 35.3 Å². The van der Waals surface area contributed by atoms with E-state index in [1.165, 1.54) is 30.6 Å². The molecule has 2 aliphatic rings. The molecule has 8 heteroatoms. The van der Waals surface area contributed by atoms with Gasteiger partial charge < -0.3 is 20.1 Å². The topological polar surface area (TPSA) is 58.1 Å². The summed E-state index contributed by atoms with van der Waals surface area (Å²) < 4.78 is 11.1. The third-order valence-corrected chi connectivity index (χ3v) is 7.38. The Hall–Kier alpha value is -0.420. The highest BCUT2D eigenvalue weighted by Gasteiger charge is 2.33. The van der Waals surface area contributed by atoms with E-state index < -0.39 is 0 Å². The van der Waals surface area contributed by atoms with Crippen LogP contribution in [-0.4, -0.2) is 70.5 Å². The maximum atomic E-state index is 5.76. The fraction of sp³-hybridized carbons (Fsp3) is 0.773. The van der Waals surface area contributed by atoms with Crippen molar-refractivity contribution in [1.29, 1.82) is 0 Å². The third-order valence-electron chi connectivity index (χ3n) is 6.40. The Labute approximate surface area is 203 Å². The number of guanidine groups is 1. The smallest absolute Gasteiger partial charge is 0.191 e. The van der Waals surface area contributed by atoms with Crippen molar-refractivity contribution in [3.8, 4) is 0 Å². The van der Waals surface area contributed by atoms with Gasteiger partial charge in [-0.25, -0.2) is 0 Å². The lowest BCUT2D eigenvalue weighted by atomic mass is 9.83. The van der Waals surface area contributed by atoms with Crippen LogP contribution in [0.5, 0.6) is 0 Å². The highest BCUT2D eigenvalue weighted by atomic mass is 127. The quantitative estimate of drug-likeness (QED) is 0.278. The van der Waals surface area contributed by atoms with Gasteiger partial charge >= 0.3 is 0 Å². The Kier molecular flexibility index (Phi) is 11.4. The van der Waals surface area contributed by atoms with E-state index >= 15 is 0 Å². The maximum absolute atomic E-state index is 5.76. The van der Waals surface area contributed by atoms with Crippen molar-refractivity contribution in [1.82, 2.24) is 15.5 Å². The van der Waals surface area contributed by atoms with Crippen molar-refractivity contribution in [3.05, 3.63) is 22.4 Å². The number of morpholine rings is 1. The van der Waals surface area contributed by atoms with Crippen LogP contribution in [0.1, 0.15) is 49.9 Å².